The molecule has 0 saturated carbocycles. The summed E-state index contributed by atoms with van der Waals surface area (Å²) in [6.45, 7) is 0. The topological polar surface area (TPSA) is 49.3 Å². The van der Waals surface area contributed by atoms with E-state index in [-0.39, 0.29) is 5.02 Å². The van der Waals surface area contributed by atoms with Gasteiger partial charge in [-0.1, -0.05) is 11.6 Å². The Morgan fingerprint density at radius 1 is 1.60 bits per heavy atom. The second-order valence-corrected chi connectivity index (χ2v) is 3.82. The summed E-state index contributed by atoms with van der Waals surface area (Å²) >= 11 is 8.83. The lowest BCUT2D eigenvalue weighted by atomic mass is 10.3. The molecule has 0 aromatic heterocycles. The zero-order valence-electron chi connectivity index (χ0n) is 7.30. The van der Waals surface area contributed by atoms with Gasteiger partial charge in [0.2, 0.25) is 0 Å². The minimum atomic E-state index is -1.09. The Balaban J connectivity index is 2.90. The van der Waals surface area contributed by atoms with Crippen LogP contribution in [0.3, 0.4) is 0 Å². The molecule has 1 rings (SSSR count). The molecule has 2 N–H and O–H groups in total. The van der Waals surface area contributed by atoms with E-state index in [4.69, 9.17) is 16.7 Å². The Bertz CT molecular complexity index is 400. The molecule has 0 unspecified atom stereocenters. The number of carboxylic acid groups (broad SMARTS) is 1. The lowest BCUT2D eigenvalue weighted by Gasteiger charge is -2.06. The van der Waals surface area contributed by atoms with Crippen LogP contribution in [0.25, 0.3) is 0 Å². The Hall–Kier alpha value is -1.07. The van der Waals surface area contributed by atoms with Crippen LogP contribution in [0.1, 0.15) is 0 Å². The number of aliphatic carboxylic acids is 1. The normalized spacial score (nSPS) is 10.6. The highest BCUT2D eigenvalue weighted by Gasteiger charge is 2.06. The van der Waals surface area contributed by atoms with Crippen molar-refractivity contribution in [3.05, 3.63) is 39.7 Å². The average molecular weight is 295 g/mol. The van der Waals surface area contributed by atoms with Crippen molar-refractivity contribution in [2.24, 2.45) is 0 Å². The molecule has 0 spiro atoms. The van der Waals surface area contributed by atoms with E-state index in [9.17, 15) is 9.18 Å². The number of hydrogen-bond donors (Lipinski definition) is 2. The lowest BCUT2D eigenvalue weighted by molar-refractivity contribution is -0.131. The second kappa shape index (κ2) is 5.14. The Morgan fingerprint density at radius 3 is 2.80 bits per heavy atom. The van der Waals surface area contributed by atoms with E-state index in [1.165, 1.54) is 12.3 Å². The van der Waals surface area contributed by atoms with Gasteiger partial charge < -0.3 is 10.4 Å². The van der Waals surface area contributed by atoms with E-state index in [2.05, 4.69) is 21.2 Å². The van der Waals surface area contributed by atoms with Crippen LogP contribution in [-0.2, 0) is 4.79 Å². The maximum Gasteiger partial charge on any atom is 0.329 e. The summed E-state index contributed by atoms with van der Waals surface area (Å²) in [4.78, 5) is 10.2. The largest absolute Gasteiger partial charge is 0.478 e. The van der Waals surface area contributed by atoms with E-state index < -0.39 is 11.8 Å². The number of hydrogen-bond acceptors (Lipinski definition) is 2. The molecule has 15 heavy (non-hydrogen) atoms. The molecule has 0 aliphatic heterocycles. The fraction of sp³-hybridized carbons (Fsp3) is 0. The van der Waals surface area contributed by atoms with Crippen LogP contribution in [0.2, 0.25) is 5.02 Å². The fourth-order valence-corrected chi connectivity index (χ4v) is 1.80. The molecule has 3 nitrogen and oxygen atoms in total. The molecular formula is C9H6BrClFNO2. The van der Waals surface area contributed by atoms with Gasteiger partial charge in [0, 0.05) is 16.7 Å². The van der Waals surface area contributed by atoms with Crippen molar-refractivity contribution in [2.45, 2.75) is 0 Å². The number of nitrogens with one attached hydrogen (secondary N) is 1. The average Bonchev–Trinajstić information content (AvgIpc) is 2.08. The van der Waals surface area contributed by atoms with Crippen LogP contribution in [0.15, 0.2) is 28.9 Å². The quantitative estimate of drug-likeness (QED) is 0.841. The maximum absolute atomic E-state index is 12.8. The number of halogens is 3. The highest BCUT2D eigenvalue weighted by atomic mass is 79.9. The van der Waals surface area contributed by atoms with Crippen LogP contribution in [0.5, 0.6) is 0 Å². The van der Waals surface area contributed by atoms with E-state index in [1.54, 1.807) is 0 Å². The Morgan fingerprint density at radius 2 is 2.27 bits per heavy atom. The summed E-state index contributed by atoms with van der Waals surface area (Å²) in [6, 6.07) is 2.35. The predicted octanol–water partition coefficient (Wildman–Crippen LogP) is 3.25. The molecule has 0 aliphatic carbocycles. The summed E-state index contributed by atoms with van der Waals surface area (Å²) in [5, 5.41) is 11.1. The molecule has 0 atom stereocenters. The molecule has 1 aromatic carbocycles. The van der Waals surface area contributed by atoms with Gasteiger partial charge in [-0.05, 0) is 28.1 Å². The van der Waals surface area contributed by atoms with Crippen LogP contribution in [0.4, 0.5) is 10.1 Å². The molecule has 6 heteroatoms. The molecule has 0 aliphatic rings. The molecule has 0 fully saturated rings. The van der Waals surface area contributed by atoms with Crippen molar-refractivity contribution >= 4 is 39.2 Å². The van der Waals surface area contributed by atoms with E-state index in [1.807, 2.05) is 0 Å². The summed E-state index contributed by atoms with van der Waals surface area (Å²) < 4.78 is 13.2. The number of rotatable bonds is 3. The van der Waals surface area contributed by atoms with Crippen molar-refractivity contribution in [3.63, 3.8) is 0 Å². The van der Waals surface area contributed by atoms with Crippen LogP contribution in [0, 0.1) is 5.82 Å². The fourth-order valence-electron chi connectivity index (χ4n) is 0.876. The molecule has 0 radical (unpaired) electrons. The third kappa shape index (κ3) is 3.53. The highest BCUT2D eigenvalue weighted by molar-refractivity contribution is 9.10. The Labute approximate surface area is 98.7 Å². The van der Waals surface area contributed by atoms with Crippen molar-refractivity contribution in [1.29, 1.82) is 0 Å². The maximum atomic E-state index is 12.8. The van der Waals surface area contributed by atoms with Crippen LogP contribution < -0.4 is 5.32 Å². The third-order valence-electron chi connectivity index (χ3n) is 1.46. The highest BCUT2D eigenvalue weighted by Crippen LogP contribution is 2.31. The molecule has 80 valence electrons. The smallest absolute Gasteiger partial charge is 0.329 e. The van der Waals surface area contributed by atoms with E-state index in [0.29, 0.717) is 10.2 Å². The van der Waals surface area contributed by atoms with Gasteiger partial charge in [0.05, 0.1) is 10.7 Å². The van der Waals surface area contributed by atoms with Crippen LogP contribution in [-0.4, -0.2) is 11.1 Å². The summed E-state index contributed by atoms with van der Waals surface area (Å²) in [7, 11) is 0. The van der Waals surface area contributed by atoms with Crippen molar-refractivity contribution < 1.29 is 14.3 Å². The molecule has 0 heterocycles. The standard InChI is InChI=1S/C9H6BrClFNO2/c10-6-3-5(12)4-7(11)9(6)13-2-1-8(14)15/h1-4,13H,(H,14,15)/b2-1+. The van der Waals surface area contributed by atoms with Crippen molar-refractivity contribution in [2.75, 3.05) is 5.32 Å². The van der Waals surface area contributed by atoms with Gasteiger partial charge in [-0.2, -0.15) is 0 Å². The van der Waals surface area contributed by atoms with E-state index in [0.717, 1.165) is 12.1 Å². The SMILES string of the molecule is O=C(O)/C=C/Nc1c(Cl)cc(F)cc1Br. The summed E-state index contributed by atoms with van der Waals surface area (Å²) in [5.74, 6) is -1.56. The zero-order valence-corrected chi connectivity index (χ0v) is 9.64. The van der Waals surface area contributed by atoms with Crippen molar-refractivity contribution in [3.8, 4) is 0 Å². The molecule has 0 bridgehead atoms. The van der Waals surface area contributed by atoms with Gasteiger partial charge in [-0.15, -0.1) is 0 Å². The van der Waals surface area contributed by atoms with Crippen molar-refractivity contribution in [1.82, 2.24) is 0 Å². The predicted molar refractivity (Wildman–Crippen MR) is 59.5 cm³/mol. The first-order valence-electron chi connectivity index (χ1n) is 3.81. The molecule has 0 saturated heterocycles. The van der Waals surface area contributed by atoms with Gasteiger partial charge in [-0.3, -0.25) is 0 Å². The number of benzene rings is 1. The first-order chi connectivity index (χ1) is 7.00. The van der Waals surface area contributed by atoms with Gasteiger partial charge in [0.25, 0.3) is 0 Å². The minimum Gasteiger partial charge on any atom is -0.478 e. The minimum absolute atomic E-state index is 0.164. The number of carbonyl (C=O) groups is 1. The first kappa shape index (κ1) is 12.0. The van der Waals surface area contributed by atoms with Gasteiger partial charge >= 0.3 is 5.97 Å². The van der Waals surface area contributed by atoms with Gasteiger partial charge in [-0.25, -0.2) is 9.18 Å². The zero-order chi connectivity index (χ0) is 11.4. The van der Waals surface area contributed by atoms with Gasteiger partial charge in [0.1, 0.15) is 5.82 Å². The molecular weight excluding hydrogens is 288 g/mol. The van der Waals surface area contributed by atoms with Crippen LogP contribution >= 0.6 is 27.5 Å². The van der Waals surface area contributed by atoms with Gasteiger partial charge in [0.15, 0.2) is 0 Å². The monoisotopic (exact) mass is 293 g/mol. The number of anilines is 1. The van der Waals surface area contributed by atoms with E-state index >= 15 is 0 Å². The summed E-state index contributed by atoms with van der Waals surface area (Å²) in [6.07, 6.45) is 2.11. The Kier molecular flexibility index (Phi) is 4.11. The second-order valence-electron chi connectivity index (χ2n) is 2.56. The third-order valence-corrected chi connectivity index (χ3v) is 2.38. The molecule has 0 amide bonds. The summed E-state index contributed by atoms with van der Waals surface area (Å²) in [5.41, 5.74) is 0.413. The molecule has 1 aromatic rings. The number of carboxylic acids is 1. The lowest BCUT2D eigenvalue weighted by Crippen LogP contribution is -1.94. The first-order valence-corrected chi connectivity index (χ1v) is 4.98.